The number of nitrogens with zero attached hydrogens (tertiary/aromatic N) is 4. The van der Waals surface area contributed by atoms with E-state index < -0.39 is 0 Å². The number of pyridine rings is 1. The van der Waals surface area contributed by atoms with Gasteiger partial charge in [0.25, 0.3) is 5.91 Å². The normalized spacial score (nSPS) is 15.6. The highest BCUT2D eigenvalue weighted by Crippen LogP contribution is 2.32. The van der Waals surface area contributed by atoms with Crippen LogP contribution in [0.1, 0.15) is 46.2 Å². The van der Waals surface area contributed by atoms with E-state index in [0.29, 0.717) is 30.0 Å². The Hall–Kier alpha value is -4.46. The van der Waals surface area contributed by atoms with Gasteiger partial charge in [0.2, 0.25) is 0 Å². The number of aryl methyl sites for hydroxylation is 1. The number of likely N-dealkylation sites (tertiary alicyclic amines) is 1. The Kier molecular flexibility index (Phi) is 5.48. The van der Waals surface area contributed by atoms with E-state index >= 15 is 0 Å². The highest BCUT2D eigenvalue weighted by molar-refractivity contribution is 5.94. The Morgan fingerprint density at radius 2 is 1.94 bits per heavy atom. The largest absolute Gasteiger partial charge is 0.489 e. The second-order valence-corrected chi connectivity index (χ2v) is 9.04. The van der Waals surface area contributed by atoms with Gasteiger partial charge in [0.15, 0.2) is 11.5 Å². The third-order valence-electron chi connectivity index (χ3n) is 6.68. The highest BCUT2D eigenvalue weighted by atomic mass is 16.5. The summed E-state index contributed by atoms with van der Waals surface area (Å²) in [4.78, 5) is 26.9. The average Bonchev–Trinajstić information content (AvgIpc) is 3.54. The Morgan fingerprint density at radius 1 is 1.08 bits per heavy atom. The first-order valence-electron chi connectivity index (χ1n) is 11.9. The lowest BCUT2D eigenvalue weighted by Crippen LogP contribution is -2.31. The number of carbonyl (C=O) groups excluding carboxylic acids is 1. The van der Waals surface area contributed by atoms with E-state index in [2.05, 4.69) is 10.2 Å². The van der Waals surface area contributed by atoms with Crippen molar-refractivity contribution in [2.24, 2.45) is 0 Å². The topological polar surface area (TPSA) is 89.9 Å². The number of fused-ring (bicyclic) bond motifs is 2. The fourth-order valence-corrected chi connectivity index (χ4v) is 4.84. The van der Waals surface area contributed by atoms with Crippen LogP contribution >= 0.6 is 0 Å². The molecule has 0 aliphatic carbocycles. The molecule has 1 fully saturated rings. The van der Waals surface area contributed by atoms with Gasteiger partial charge >= 0.3 is 5.63 Å². The monoisotopic (exact) mass is 480 g/mol. The molecule has 4 heterocycles. The van der Waals surface area contributed by atoms with Gasteiger partial charge in [-0.15, -0.1) is 10.2 Å². The van der Waals surface area contributed by atoms with Crippen LogP contribution in [0.15, 0.2) is 82.1 Å². The Labute approximate surface area is 206 Å². The molecule has 8 heteroatoms. The molecule has 1 saturated heterocycles. The number of rotatable bonds is 5. The number of amides is 1. The molecule has 0 N–H and O–H groups in total. The first-order chi connectivity index (χ1) is 17.6. The summed E-state index contributed by atoms with van der Waals surface area (Å²) in [6.07, 6.45) is 3.72. The molecule has 0 spiro atoms. The van der Waals surface area contributed by atoms with Crippen LogP contribution in [0.4, 0.5) is 0 Å². The maximum atomic E-state index is 13.4. The maximum absolute atomic E-state index is 13.4. The molecule has 8 nitrogen and oxygen atoms in total. The number of hydrogen-bond acceptors (Lipinski definition) is 6. The lowest BCUT2D eigenvalue weighted by molar-refractivity contribution is 0.0729. The lowest BCUT2D eigenvalue weighted by Gasteiger charge is -2.23. The predicted octanol–water partition coefficient (Wildman–Crippen LogP) is 4.70. The SMILES string of the molecule is Cc1cc(=O)oc2cc(OCc3ccc(C(=O)N4CCCC4c4nnc5ccccn45)cc3)ccc12. The van der Waals surface area contributed by atoms with Gasteiger partial charge in [-0.2, -0.15) is 0 Å². The molecule has 180 valence electrons. The highest BCUT2D eigenvalue weighted by Gasteiger charge is 2.33. The lowest BCUT2D eigenvalue weighted by atomic mass is 10.1. The molecular formula is C28H24N4O4. The second-order valence-electron chi connectivity index (χ2n) is 9.04. The zero-order chi connectivity index (χ0) is 24.6. The minimum absolute atomic E-state index is 0.0161. The zero-order valence-electron chi connectivity index (χ0n) is 19.8. The number of ether oxygens (including phenoxy) is 1. The van der Waals surface area contributed by atoms with E-state index in [-0.39, 0.29) is 17.6 Å². The van der Waals surface area contributed by atoms with E-state index in [4.69, 9.17) is 9.15 Å². The molecular weight excluding hydrogens is 456 g/mol. The molecule has 36 heavy (non-hydrogen) atoms. The first kappa shape index (κ1) is 22.0. The molecule has 5 aromatic rings. The number of carbonyl (C=O) groups is 1. The molecule has 6 rings (SSSR count). The molecule has 1 amide bonds. The van der Waals surface area contributed by atoms with Crippen molar-refractivity contribution in [1.29, 1.82) is 0 Å². The van der Waals surface area contributed by atoms with Gasteiger partial charge < -0.3 is 14.1 Å². The van der Waals surface area contributed by atoms with Crippen molar-refractivity contribution >= 4 is 22.5 Å². The van der Waals surface area contributed by atoms with Gasteiger partial charge in [-0.05, 0) is 67.3 Å². The van der Waals surface area contributed by atoms with Gasteiger partial charge in [0.1, 0.15) is 17.9 Å². The molecule has 0 bridgehead atoms. The summed E-state index contributed by atoms with van der Waals surface area (Å²) in [7, 11) is 0. The maximum Gasteiger partial charge on any atom is 0.336 e. The van der Waals surface area contributed by atoms with Crippen molar-refractivity contribution in [3.63, 3.8) is 0 Å². The molecule has 0 saturated carbocycles. The van der Waals surface area contributed by atoms with Crippen LogP contribution in [0.5, 0.6) is 5.75 Å². The number of hydrogen-bond donors (Lipinski definition) is 0. The third kappa shape index (κ3) is 4.00. The summed E-state index contributed by atoms with van der Waals surface area (Å²) in [5, 5.41) is 9.51. The smallest absolute Gasteiger partial charge is 0.336 e. The fraction of sp³-hybridized carbons (Fsp3) is 0.214. The van der Waals surface area contributed by atoms with Gasteiger partial charge in [0, 0.05) is 35.8 Å². The summed E-state index contributed by atoms with van der Waals surface area (Å²) in [6.45, 7) is 2.89. The Balaban J connectivity index is 1.16. The van der Waals surface area contributed by atoms with Crippen LogP contribution in [-0.4, -0.2) is 31.9 Å². The van der Waals surface area contributed by atoms with E-state index in [1.165, 1.54) is 6.07 Å². The number of aromatic nitrogens is 3. The van der Waals surface area contributed by atoms with Crippen molar-refractivity contribution in [2.75, 3.05) is 6.54 Å². The predicted molar refractivity (Wildman–Crippen MR) is 134 cm³/mol. The van der Waals surface area contributed by atoms with Crippen LogP contribution in [0, 0.1) is 6.92 Å². The Bertz CT molecular complexity index is 1640. The van der Waals surface area contributed by atoms with E-state index in [1.807, 2.05) is 77.0 Å². The van der Waals surface area contributed by atoms with E-state index in [0.717, 1.165) is 40.8 Å². The minimum Gasteiger partial charge on any atom is -0.489 e. The molecule has 1 aliphatic rings. The van der Waals surface area contributed by atoms with Gasteiger partial charge in [-0.25, -0.2) is 4.79 Å². The minimum atomic E-state index is -0.380. The van der Waals surface area contributed by atoms with Crippen molar-refractivity contribution in [3.8, 4) is 5.75 Å². The number of benzene rings is 2. The van der Waals surface area contributed by atoms with Crippen LogP contribution in [0.2, 0.25) is 0 Å². The molecule has 1 atom stereocenters. The van der Waals surface area contributed by atoms with Crippen LogP contribution in [0.25, 0.3) is 16.6 Å². The molecule has 1 unspecified atom stereocenters. The summed E-state index contributed by atoms with van der Waals surface area (Å²) < 4.78 is 13.2. The molecule has 3 aromatic heterocycles. The Morgan fingerprint density at radius 3 is 2.81 bits per heavy atom. The average molecular weight is 481 g/mol. The summed E-state index contributed by atoms with van der Waals surface area (Å²) >= 11 is 0. The molecule has 2 aromatic carbocycles. The van der Waals surface area contributed by atoms with E-state index in [9.17, 15) is 9.59 Å². The van der Waals surface area contributed by atoms with Crippen LogP contribution in [0.3, 0.4) is 0 Å². The van der Waals surface area contributed by atoms with Crippen molar-refractivity contribution < 1.29 is 13.9 Å². The fourth-order valence-electron chi connectivity index (χ4n) is 4.84. The van der Waals surface area contributed by atoms with Crippen molar-refractivity contribution in [1.82, 2.24) is 19.5 Å². The zero-order valence-corrected chi connectivity index (χ0v) is 19.8. The summed E-state index contributed by atoms with van der Waals surface area (Å²) in [6, 6.07) is 20.1. The van der Waals surface area contributed by atoms with Gasteiger partial charge in [0.05, 0.1) is 6.04 Å². The molecule has 1 aliphatic heterocycles. The van der Waals surface area contributed by atoms with Crippen LogP contribution in [-0.2, 0) is 6.61 Å². The first-order valence-corrected chi connectivity index (χ1v) is 11.9. The van der Waals surface area contributed by atoms with Gasteiger partial charge in [-0.3, -0.25) is 9.20 Å². The summed E-state index contributed by atoms with van der Waals surface area (Å²) in [5.41, 5.74) is 3.32. The summed E-state index contributed by atoms with van der Waals surface area (Å²) in [5.74, 6) is 1.39. The van der Waals surface area contributed by atoms with Crippen molar-refractivity contribution in [2.45, 2.75) is 32.4 Å². The second kappa shape index (κ2) is 8.96. The van der Waals surface area contributed by atoms with Crippen LogP contribution < -0.4 is 10.4 Å². The van der Waals surface area contributed by atoms with Crippen molar-refractivity contribution in [3.05, 3.63) is 106 Å². The van der Waals surface area contributed by atoms with E-state index in [1.54, 1.807) is 6.07 Å². The third-order valence-corrected chi connectivity index (χ3v) is 6.68. The standard InChI is InChI=1S/C28H24N4O4/c1-18-15-26(33)36-24-16-21(11-12-22(18)24)35-17-19-7-9-20(10-8-19)28(34)31-14-4-5-23(31)27-30-29-25-6-2-3-13-32(25)27/h2-3,6-13,15-16,23H,4-5,14,17H2,1H3. The quantitative estimate of drug-likeness (QED) is 0.339. The molecule has 0 radical (unpaired) electrons. The van der Waals surface area contributed by atoms with Gasteiger partial charge in [-0.1, -0.05) is 18.2 Å².